The molecule has 0 aliphatic heterocycles. The van der Waals surface area contributed by atoms with Gasteiger partial charge in [-0.1, -0.05) is 12.2 Å². The van der Waals surface area contributed by atoms with Crippen LogP contribution in [0.25, 0.3) is 0 Å². The van der Waals surface area contributed by atoms with Crippen molar-refractivity contribution < 1.29 is 9.53 Å². The molecule has 1 N–H and O–H groups in total. The number of rotatable bonds is 3. The first-order chi connectivity index (χ1) is 9.79. The van der Waals surface area contributed by atoms with Crippen molar-refractivity contribution in [2.75, 3.05) is 12.4 Å². The number of benzene rings is 1. The second-order valence-electron chi connectivity index (χ2n) is 5.70. The van der Waals surface area contributed by atoms with Gasteiger partial charge in [0.15, 0.2) is 0 Å². The van der Waals surface area contributed by atoms with E-state index in [-0.39, 0.29) is 11.8 Å². The summed E-state index contributed by atoms with van der Waals surface area (Å²) in [6.07, 6.45) is 9.06. The van der Waals surface area contributed by atoms with Crippen molar-refractivity contribution in [2.24, 2.45) is 17.8 Å². The minimum absolute atomic E-state index is 0.187. The summed E-state index contributed by atoms with van der Waals surface area (Å²) in [6.45, 7) is 0. The second kappa shape index (κ2) is 5.70. The predicted octanol–water partition coefficient (Wildman–Crippen LogP) is 3.63. The number of anilines is 1. The average molecular weight is 271 g/mol. The number of carbonyl (C=O) groups is 1. The number of allylic oxidation sites excluding steroid dienone is 2. The summed E-state index contributed by atoms with van der Waals surface area (Å²) in [5.74, 6) is 2.41. The summed E-state index contributed by atoms with van der Waals surface area (Å²) in [7, 11) is 1.64. The molecule has 3 nitrogen and oxygen atoms in total. The summed E-state index contributed by atoms with van der Waals surface area (Å²) in [5.41, 5.74) is 0.855. The molecular formula is C17H21NO2. The largest absolute Gasteiger partial charge is 0.497 e. The summed E-state index contributed by atoms with van der Waals surface area (Å²) in [4.78, 5) is 12.4. The molecule has 0 heterocycles. The predicted molar refractivity (Wildman–Crippen MR) is 79.7 cm³/mol. The van der Waals surface area contributed by atoms with Crippen LogP contribution >= 0.6 is 0 Å². The highest BCUT2D eigenvalue weighted by Gasteiger charge is 2.53. The van der Waals surface area contributed by atoms with Crippen LogP contribution in [0, 0.1) is 17.8 Å². The van der Waals surface area contributed by atoms with E-state index in [2.05, 4.69) is 17.5 Å². The van der Waals surface area contributed by atoms with E-state index in [9.17, 15) is 4.79 Å². The Morgan fingerprint density at radius 1 is 1.10 bits per heavy atom. The molecule has 0 bridgehead atoms. The minimum atomic E-state index is 0.187. The van der Waals surface area contributed by atoms with Crippen molar-refractivity contribution in [2.45, 2.75) is 25.7 Å². The second-order valence-corrected chi connectivity index (χ2v) is 5.70. The van der Waals surface area contributed by atoms with Crippen LogP contribution in [0.15, 0.2) is 36.4 Å². The van der Waals surface area contributed by atoms with Gasteiger partial charge in [-0.15, -0.1) is 0 Å². The number of ether oxygens (including phenoxy) is 1. The Morgan fingerprint density at radius 2 is 1.70 bits per heavy atom. The zero-order valence-electron chi connectivity index (χ0n) is 11.8. The first-order valence-corrected chi connectivity index (χ1v) is 7.39. The normalized spacial score (nSPS) is 29.6. The Hall–Kier alpha value is -1.77. The Bertz CT molecular complexity index is 490. The van der Waals surface area contributed by atoms with Gasteiger partial charge in [0.05, 0.1) is 7.11 Å². The van der Waals surface area contributed by atoms with Crippen LogP contribution in [-0.4, -0.2) is 13.0 Å². The van der Waals surface area contributed by atoms with Crippen molar-refractivity contribution in [1.29, 1.82) is 0 Å². The molecular weight excluding hydrogens is 250 g/mol. The number of hydrogen-bond donors (Lipinski definition) is 1. The molecule has 106 valence electrons. The number of methoxy groups -OCH3 is 1. The fourth-order valence-electron chi connectivity index (χ4n) is 3.33. The smallest absolute Gasteiger partial charge is 0.228 e. The van der Waals surface area contributed by atoms with Gasteiger partial charge in [0.2, 0.25) is 5.91 Å². The van der Waals surface area contributed by atoms with Crippen LogP contribution in [0.4, 0.5) is 5.69 Å². The van der Waals surface area contributed by atoms with E-state index in [4.69, 9.17) is 4.74 Å². The molecule has 0 unspecified atom stereocenters. The Labute approximate surface area is 120 Å². The Kier molecular flexibility index (Phi) is 3.77. The van der Waals surface area contributed by atoms with E-state index in [0.29, 0.717) is 11.8 Å². The van der Waals surface area contributed by atoms with Crippen molar-refractivity contribution >= 4 is 11.6 Å². The molecule has 1 saturated carbocycles. The van der Waals surface area contributed by atoms with Gasteiger partial charge in [-0.3, -0.25) is 4.79 Å². The third-order valence-corrected chi connectivity index (χ3v) is 4.49. The van der Waals surface area contributed by atoms with E-state index in [1.807, 2.05) is 24.3 Å². The maximum Gasteiger partial charge on any atom is 0.228 e. The highest BCUT2D eigenvalue weighted by molar-refractivity contribution is 5.94. The molecule has 1 aromatic rings. The van der Waals surface area contributed by atoms with E-state index in [1.54, 1.807) is 7.11 Å². The van der Waals surface area contributed by atoms with Gasteiger partial charge in [0.25, 0.3) is 0 Å². The van der Waals surface area contributed by atoms with Crippen LogP contribution in [0.1, 0.15) is 25.7 Å². The topological polar surface area (TPSA) is 38.3 Å². The van der Waals surface area contributed by atoms with Gasteiger partial charge in [0.1, 0.15) is 5.75 Å². The third-order valence-electron chi connectivity index (χ3n) is 4.49. The van der Waals surface area contributed by atoms with Crippen molar-refractivity contribution in [3.05, 3.63) is 36.4 Å². The summed E-state index contributed by atoms with van der Waals surface area (Å²) < 4.78 is 5.12. The van der Waals surface area contributed by atoms with Crippen LogP contribution < -0.4 is 10.1 Å². The fourth-order valence-corrected chi connectivity index (χ4v) is 3.33. The lowest BCUT2D eigenvalue weighted by Gasteiger charge is -2.06. The van der Waals surface area contributed by atoms with Crippen LogP contribution in [0.2, 0.25) is 0 Å². The zero-order valence-corrected chi connectivity index (χ0v) is 11.8. The number of amides is 1. The SMILES string of the molecule is COc1ccc(NC(=O)C2[C@@H]3CC/C=C\CC[C@@H]23)cc1. The minimum Gasteiger partial charge on any atom is -0.497 e. The molecule has 20 heavy (non-hydrogen) atoms. The first-order valence-electron chi connectivity index (χ1n) is 7.39. The number of hydrogen-bond acceptors (Lipinski definition) is 2. The average Bonchev–Trinajstić information content (AvgIpc) is 3.11. The van der Waals surface area contributed by atoms with E-state index < -0.39 is 0 Å². The van der Waals surface area contributed by atoms with E-state index >= 15 is 0 Å². The van der Waals surface area contributed by atoms with Crippen molar-refractivity contribution in [3.63, 3.8) is 0 Å². The first kappa shape index (κ1) is 13.2. The van der Waals surface area contributed by atoms with Crippen LogP contribution in [-0.2, 0) is 4.79 Å². The molecule has 2 atom stereocenters. The third kappa shape index (κ3) is 2.72. The zero-order chi connectivity index (χ0) is 13.9. The van der Waals surface area contributed by atoms with E-state index in [1.165, 1.54) is 0 Å². The fraction of sp³-hybridized carbons (Fsp3) is 0.471. The summed E-state index contributed by atoms with van der Waals surface area (Å²) in [6, 6.07) is 7.52. The van der Waals surface area contributed by atoms with Gasteiger partial charge in [-0.25, -0.2) is 0 Å². The molecule has 0 saturated heterocycles. The number of nitrogens with one attached hydrogen (secondary N) is 1. The van der Waals surface area contributed by atoms with Gasteiger partial charge in [0, 0.05) is 11.6 Å². The van der Waals surface area contributed by atoms with E-state index in [0.717, 1.165) is 37.1 Å². The lowest BCUT2D eigenvalue weighted by Crippen LogP contribution is -2.15. The van der Waals surface area contributed by atoms with Crippen molar-refractivity contribution in [3.8, 4) is 5.75 Å². The molecule has 3 rings (SSSR count). The standard InChI is InChI=1S/C17H21NO2/c1-20-13-10-8-12(9-11-13)18-17(19)16-14-6-4-2-3-5-7-15(14)16/h2-3,8-11,14-16H,4-7H2,1H3,(H,18,19)/b3-2-/t14-,15-/m1/s1. The van der Waals surface area contributed by atoms with Crippen molar-refractivity contribution in [1.82, 2.24) is 0 Å². The molecule has 0 spiro atoms. The van der Waals surface area contributed by atoms with Gasteiger partial charge < -0.3 is 10.1 Å². The summed E-state index contributed by atoms with van der Waals surface area (Å²) in [5, 5.41) is 3.04. The molecule has 3 heteroatoms. The molecule has 2 aliphatic rings. The monoisotopic (exact) mass is 271 g/mol. The molecule has 0 aromatic heterocycles. The van der Waals surface area contributed by atoms with Crippen LogP contribution in [0.5, 0.6) is 5.75 Å². The maximum atomic E-state index is 12.4. The molecule has 1 aromatic carbocycles. The quantitative estimate of drug-likeness (QED) is 0.853. The molecule has 0 radical (unpaired) electrons. The highest BCUT2D eigenvalue weighted by atomic mass is 16.5. The lowest BCUT2D eigenvalue weighted by atomic mass is 10.1. The Balaban J connectivity index is 1.59. The maximum absolute atomic E-state index is 12.4. The molecule has 2 aliphatic carbocycles. The molecule has 1 fully saturated rings. The summed E-state index contributed by atoms with van der Waals surface area (Å²) >= 11 is 0. The number of fused-ring (bicyclic) bond motifs is 1. The highest BCUT2D eigenvalue weighted by Crippen LogP contribution is 2.53. The van der Waals surface area contributed by atoms with Crippen LogP contribution in [0.3, 0.4) is 0 Å². The van der Waals surface area contributed by atoms with Gasteiger partial charge >= 0.3 is 0 Å². The lowest BCUT2D eigenvalue weighted by molar-refractivity contribution is -0.117. The van der Waals surface area contributed by atoms with Gasteiger partial charge in [-0.2, -0.15) is 0 Å². The van der Waals surface area contributed by atoms with Gasteiger partial charge in [-0.05, 0) is 61.8 Å². The Morgan fingerprint density at radius 3 is 2.25 bits per heavy atom. The number of carbonyl (C=O) groups excluding carboxylic acids is 1. The molecule has 1 amide bonds.